The molecule has 60 heavy (non-hydrogen) atoms. The molecule has 0 aromatic carbocycles. The molecular formula is C42H63NO16S. The normalized spacial score (nSPS) is 38.9. The third-order valence-corrected chi connectivity index (χ3v) is 11.3. The summed E-state index contributed by atoms with van der Waals surface area (Å²) in [6, 6.07) is 0. The number of amides is 1. The Bertz CT molecular complexity index is 1630. The third kappa shape index (κ3) is 13.1. The summed E-state index contributed by atoms with van der Waals surface area (Å²) in [5, 5.41) is 35.9. The summed E-state index contributed by atoms with van der Waals surface area (Å²) < 4.78 is 60.2. The summed E-state index contributed by atoms with van der Waals surface area (Å²) in [5.74, 6) is 0. The van der Waals surface area contributed by atoms with Gasteiger partial charge in [0, 0.05) is 60.0 Å². The summed E-state index contributed by atoms with van der Waals surface area (Å²) in [6.07, 6.45) is -6.39. The van der Waals surface area contributed by atoms with Gasteiger partial charge in [-0.25, -0.2) is 14.4 Å². The summed E-state index contributed by atoms with van der Waals surface area (Å²) in [5.41, 5.74) is -0.689. The Morgan fingerprint density at radius 3 is 1.67 bits per heavy atom. The van der Waals surface area contributed by atoms with Crippen molar-refractivity contribution in [1.82, 2.24) is 5.32 Å². The molecule has 3 heterocycles. The van der Waals surface area contributed by atoms with Crippen molar-refractivity contribution in [1.29, 1.82) is 0 Å². The molecule has 3 fully saturated rings. The van der Waals surface area contributed by atoms with E-state index in [1.54, 1.807) is 39.0 Å². The number of hydrogen-bond donors (Lipinski definition) is 4. The molecule has 3 aliphatic carbocycles. The number of ether oxygens (including phenoxy) is 10. The van der Waals surface area contributed by atoms with Crippen molar-refractivity contribution in [3.8, 4) is 0 Å². The van der Waals surface area contributed by atoms with E-state index in [-0.39, 0.29) is 45.3 Å². The lowest BCUT2D eigenvalue weighted by Crippen LogP contribution is -2.45. The Labute approximate surface area is 355 Å². The monoisotopic (exact) mass is 869 g/mol. The molecule has 6 aliphatic rings. The molecular weight excluding hydrogens is 807 g/mol. The van der Waals surface area contributed by atoms with E-state index < -0.39 is 119 Å². The molecule has 4 N–H and O–H groups in total. The van der Waals surface area contributed by atoms with E-state index in [0.29, 0.717) is 11.1 Å². The lowest BCUT2D eigenvalue weighted by molar-refractivity contribution is -0.0682. The van der Waals surface area contributed by atoms with Crippen molar-refractivity contribution in [2.75, 3.05) is 6.79 Å². The van der Waals surface area contributed by atoms with Gasteiger partial charge in [-0.2, -0.15) is 0 Å². The Kier molecular flexibility index (Phi) is 14.7. The molecule has 3 saturated heterocycles. The first-order valence-corrected chi connectivity index (χ1v) is 21.6. The molecule has 0 aromatic heterocycles. The van der Waals surface area contributed by atoms with E-state index in [1.165, 1.54) is 6.08 Å². The van der Waals surface area contributed by atoms with Crippen molar-refractivity contribution in [2.24, 2.45) is 0 Å². The van der Waals surface area contributed by atoms with Gasteiger partial charge < -0.3 is 68.0 Å². The van der Waals surface area contributed by atoms with Gasteiger partial charge in [-0.05, 0) is 71.5 Å². The number of aliphatic hydroxyl groups excluding tert-OH is 3. The van der Waals surface area contributed by atoms with Crippen LogP contribution in [0.4, 0.5) is 14.4 Å². The number of thioether (sulfide) groups is 1. The zero-order chi connectivity index (χ0) is 43.7. The fourth-order valence-corrected chi connectivity index (χ4v) is 8.60. The van der Waals surface area contributed by atoms with Gasteiger partial charge >= 0.3 is 17.5 Å². The van der Waals surface area contributed by atoms with Crippen molar-refractivity contribution < 1.29 is 77.1 Å². The number of carbonyl (C=O) groups is 3. The first-order valence-electron chi connectivity index (χ1n) is 20.8. The minimum atomic E-state index is -1.16. The molecule has 18 heteroatoms. The topological polar surface area (TPSA) is 216 Å². The molecule has 3 aliphatic heterocycles. The number of nitrogens with one attached hydrogen (secondary N) is 1. The van der Waals surface area contributed by atoms with Gasteiger partial charge in [0.25, 0.3) is 0 Å². The molecule has 14 atom stereocenters. The molecule has 17 nitrogen and oxygen atoms in total. The van der Waals surface area contributed by atoms with E-state index >= 15 is 0 Å². The largest absolute Gasteiger partial charge is 0.509 e. The third-order valence-electron chi connectivity index (χ3n) is 10.4. The van der Waals surface area contributed by atoms with Crippen LogP contribution < -0.4 is 5.32 Å². The van der Waals surface area contributed by atoms with Crippen molar-refractivity contribution in [3.63, 3.8) is 0 Å². The highest BCUT2D eigenvalue weighted by Gasteiger charge is 2.50. The first kappa shape index (κ1) is 46.7. The minimum absolute atomic E-state index is 0.0352. The van der Waals surface area contributed by atoms with Crippen LogP contribution in [0.15, 0.2) is 35.5 Å². The molecule has 0 aromatic rings. The van der Waals surface area contributed by atoms with Crippen LogP contribution in [0.2, 0.25) is 0 Å². The Morgan fingerprint density at radius 2 is 1.12 bits per heavy atom. The van der Waals surface area contributed by atoms with E-state index in [4.69, 9.17) is 47.4 Å². The molecule has 0 radical (unpaired) electrons. The highest BCUT2D eigenvalue weighted by Crippen LogP contribution is 2.41. The van der Waals surface area contributed by atoms with Crippen molar-refractivity contribution in [2.45, 2.75) is 203 Å². The summed E-state index contributed by atoms with van der Waals surface area (Å²) in [4.78, 5) is 39.3. The zero-order valence-corrected chi connectivity index (χ0v) is 36.7. The fourth-order valence-electron chi connectivity index (χ4n) is 7.94. The quantitative estimate of drug-likeness (QED) is 0.161. The maximum Gasteiger partial charge on any atom is 0.509 e. The van der Waals surface area contributed by atoms with E-state index in [9.17, 15) is 29.7 Å². The number of alkyl carbamates (subject to hydrolysis) is 1. The van der Waals surface area contributed by atoms with Gasteiger partial charge in [-0.15, -0.1) is 0 Å². The maximum absolute atomic E-state index is 13.5. The van der Waals surface area contributed by atoms with Gasteiger partial charge in [0.2, 0.25) is 0 Å². The second kappa shape index (κ2) is 18.9. The van der Waals surface area contributed by atoms with E-state index in [2.05, 4.69) is 5.32 Å². The molecule has 0 saturated carbocycles. The molecule has 6 rings (SSSR count). The van der Waals surface area contributed by atoms with Gasteiger partial charge in [-0.1, -0.05) is 26.8 Å². The molecule has 14 unspecified atom stereocenters. The highest BCUT2D eigenvalue weighted by molar-refractivity contribution is 8.14. The Morgan fingerprint density at radius 1 is 0.633 bits per heavy atom. The molecule has 0 bridgehead atoms. The average Bonchev–Trinajstić information content (AvgIpc) is 3.78. The number of carbonyl (C=O) groups excluding carboxylic acids is 3. The lowest BCUT2D eigenvalue weighted by atomic mass is 9.91. The van der Waals surface area contributed by atoms with Crippen LogP contribution in [0.1, 0.15) is 101 Å². The lowest BCUT2D eigenvalue weighted by Gasteiger charge is -2.32. The Hall–Kier alpha value is -2.78. The van der Waals surface area contributed by atoms with Crippen LogP contribution in [0, 0.1) is 0 Å². The van der Waals surface area contributed by atoms with Crippen LogP contribution >= 0.6 is 11.8 Å². The van der Waals surface area contributed by atoms with Crippen LogP contribution in [0.25, 0.3) is 0 Å². The van der Waals surface area contributed by atoms with Crippen LogP contribution in [-0.2, 0) is 47.4 Å². The SMILES string of the molecule is CC(C)(C)NC(=O)OC1CC2OCOC2CC(O)C=C1C1OC2CC(O)/C=C(\C3OC4CC(O)/C=C/C(OC(=O)OC(C)(C)C)CC4O3)C(OC(=O)SC(C)(C)C)CC2O1. The van der Waals surface area contributed by atoms with Crippen LogP contribution in [-0.4, -0.2) is 141 Å². The maximum atomic E-state index is 13.5. The predicted molar refractivity (Wildman–Crippen MR) is 215 cm³/mol. The summed E-state index contributed by atoms with van der Waals surface area (Å²) in [6.45, 7) is 16.3. The standard InChI is InChI=1S/C42H63NO16S/c1-40(2,3)43-37(47)57-27-18-30-29(50-20-51-30)15-22(45)12-25(27)35-54-32-16-23(46)13-26(28(19-34(32)56-35)58-39(49)60-42(7,8)9)36-53-31-14-21(44)10-11-24(17-33(31)55-36)52-38(48)59-41(4,5)6/h10-13,21-24,27-36,44-46H,14-20H2,1-9H3,(H,43,47)/b11-10+,25-12?,26-13-. The Balaban J connectivity index is 1.25. The predicted octanol–water partition coefficient (Wildman–Crippen LogP) is 5.07. The number of rotatable bonds is 5. The number of aliphatic hydroxyl groups is 3. The van der Waals surface area contributed by atoms with Crippen molar-refractivity contribution >= 4 is 29.3 Å². The van der Waals surface area contributed by atoms with E-state index in [0.717, 1.165) is 11.8 Å². The summed E-state index contributed by atoms with van der Waals surface area (Å²) >= 11 is 0.994. The van der Waals surface area contributed by atoms with Gasteiger partial charge in [0.15, 0.2) is 12.6 Å². The second-order valence-corrected chi connectivity index (χ2v) is 20.9. The number of fused-ring (bicyclic) bond motifs is 3. The van der Waals surface area contributed by atoms with Gasteiger partial charge in [0.1, 0.15) is 30.7 Å². The number of hydrogen-bond acceptors (Lipinski definition) is 17. The first-order chi connectivity index (χ1) is 28.0. The van der Waals surface area contributed by atoms with Crippen molar-refractivity contribution in [3.05, 3.63) is 35.5 Å². The highest BCUT2D eigenvalue weighted by atomic mass is 32.2. The van der Waals surface area contributed by atoms with Gasteiger partial charge in [-0.3, -0.25) is 0 Å². The molecule has 0 spiro atoms. The molecule has 338 valence electrons. The second-order valence-electron chi connectivity index (χ2n) is 19.2. The zero-order valence-electron chi connectivity index (χ0n) is 35.9. The van der Waals surface area contributed by atoms with Crippen LogP contribution in [0.5, 0.6) is 0 Å². The summed E-state index contributed by atoms with van der Waals surface area (Å²) in [7, 11) is 0. The molecule has 1 amide bonds. The average molecular weight is 870 g/mol. The minimum Gasteiger partial charge on any atom is -0.449 e. The van der Waals surface area contributed by atoms with Gasteiger partial charge in [0.05, 0.1) is 54.9 Å². The fraction of sp³-hybridized carbons (Fsp3) is 0.786. The smallest absolute Gasteiger partial charge is 0.449 e. The van der Waals surface area contributed by atoms with Crippen LogP contribution in [0.3, 0.4) is 0 Å². The van der Waals surface area contributed by atoms with E-state index in [1.807, 2.05) is 41.5 Å².